The quantitative estimate of drug-likeness (QED) is 0.757. The minimum atomic E-state index is -0.640. The van der Waals surface area contributed by atoms with E-state index in [-0.39, 0.29) is 5.56 Å². The standard InChI is InChI=1S/C18H11ClN4O2/c19-13-7-5-11(6-8-13)16-21-10-14(18(25)23-16)17(24)22-15-4-2-1-3-12(15)9-20/h1-8,10H,(H,22,24)(H,21,23,25). The summed E-state index contributed by atoms with van der Waals surface area (Å²) in [5.74, 6) is -0.310. The first-order chi connectivity index (χ1) is 12.1. The molecule has 25 heavy (non-hydrogen) atoms. The number of carbonyl (C=O) groups excluding carboxylic acids is 1. The summed E-state index contributed by atoms with van der Waals surface area (Å²) in [6, 6.07) is 15.3. The Labute approximate surface area is 147 Å². The molecule has 0 bridgehead atoms. The normalized spacial score (nSPS) is 10.1. The van der Waals surface area contributed by atoms with Crippen LogP contribution in [-0.4, -0.2) is 15.9 Å². The van der Waals surface area contributed by atoms with Crippen molar-refractivity contribution < 1.29 is 4.79 Å². The summed E-state index contributed by atoms with van der Waals surface area (Å²) in [5, 5.41) is 12.2. The summed E-state index contributed by atoms with van der Waals surface area (Å²) in [6.45, 7) is 0. The summed E-state index contributed by atoms with van der Waals surface area (Å²) in [6.07, 6.45) is 1.20. The van der Waals surface area contributed by atoms with Crippen LogP contribution in [0.1, 0.15) is 15.9 Å². The van der Waals surface area contributed by atoms with Crippen LogP contribution in [0.4, 0.5) is 5.69 Å². The van der Waals surface area contributed by atoms with E-state index in [1.54, 1.807) is 48.5 Å². The number of H-pyrrole nitrogens is 1. The number of carbonyl (C=O) groups is 1. The number of anilines is 1. The Kier molecular flexibility index (Phi) is 4.59. The third-order valence-electron chi connectivity index (χ3n) is 3.46. The van der Waals surface area contributed by atoms with Crippen molar-refractivity contribution in [3.05, 3.63) is 81.2 Å². The predicted molar refractivity (Wildman–Crippen MR) is 94.4 cm³/mol. The fourth-order valence-corrected chi connectivity index (χ4v) is 2.32. The van der Waals surface area contributed by atoms with E-state index in [0.717, 1.165) is 0 Å². The molecule has 7 heteroatoms. The summed E-state index contributed by atoms with van der Waals surface area (Å²) < 4.78 is 0. The maximum Gasteiger partial charge on any atom is 0.264 e. The second-order valence-corrected chi connectivity index (χ2v) is 5.53. The monoisotopic (exact) mass is 350 g/mol. The molecular formula is C18H11ClN4O2. The number of halogens is 1. The lowest BCUT2D eigenvalue weighted by molar-refractivity contribution is 0.102. The number of nitrogens with one attached hydrogen (secondary N) is 2. The molecule has 0 spiro atoms. The number of hydrogen-bond donors (Lipinski definition) is 2. The molecule has 0 aliphatic carbocycles. The third-order valence-corrected chi connectivity index (χ3v) is 3.71. The molecule has 0 unspecified atom stereocenters. The number of hydrogen-bond acceptors (Lipinski definition) is 4. The van der Waals surface area contributed by atoms with Crippen molar-refractivity contribution in [1.82, 2.24) is 9.97 Å². The molecular weight excluding hydrogens is 340 g/mol. The molecule has 0 aliphatic heterocycles. The summed E-state index contributed by atoms with van der Waals surface area (Å²) >= 11 is 5.83. The number of nitriles is 1. The molecule has 6 nitrogen and oxygen atoms in total. The molecule has 0 saturated carbocycles. The number of rotatable bonds is 3. The Bertz CT molecular complexity index is 1040. The molecule has 2 aromatic carbocycles. The van der Waals surface area contributed by atoms with Crippen LogP contribution in [0.3, 0.4) is 0 Å². The highest BCUT2D eigenvalue weighted by Gasteiger charge is 2.14. The van der Waals surface area contributed by atoms with E-state index < -0.39 is 11.5 Å². The smallest absolute Gasteiger partial charge is 0.264 e. The van der Waals surface area contributed by atoms with E-state index >= 15 is 0 Å². The van der Waals surface area contributed by atoms with E-state index in [1.165, 1.54) is 6.20 Å². The van der Waals surface area contributed by atoms with Gasteiger partial charge in [-0.1, -0.05) is 23.7 Å². The topological polar surface area (TPSA) is 98.6 Å². The van der Waals surface area contributed by atoms with Crippen molar-refractivity contribution in [2.45, 2.75) is 0 Å². The average Bonchev–Trinajstić information content (AvgIpc) is 2.62. The highest BCUT2D eigenvalue weighted by Crippen LogP contribution is 2.17. The van der Waals surface area contributed by atoms with Gasteiger partial charge < -0.3 is 10.3 Å². The SMILES string of the molecule is N#Cc1ccccc1NC(=O)c1cnc(-c2ccc(Cl)cc2)[nH]c1=O. The molecule has 0 atom stereocenters. The first-order valence-corrected chi connectivity index (χ1v) is 7.62. The van der Waals surface area contributed by atoms with Crippen molar-refractivity contribution in [2.75, 3.05) is 5.32 Å². The maximum absolute atomic E-state index is 12.3. The van der Waals surface area contributed by atoms with Gasteiger partial charge in [0.05, 0.1) is 11.3 Å². The first-order valence-electron chi connectivity index (χ1n) is 7.24. The molecule has 0 fully saturated rings. The van der Waals surface area contributed by atoms with Crippen LogP contribution < -0.4 is 10.9 Å². The van der Waals surface area contributed by atoms with Gasteiger partial charge in [0.15, 0.2) is 0 Å². The van der Waals surface area contributed by atoms with Crippen LogP contribution in [0.2, 0.25) is 5.02 Å². The van der Waals surface area contributed by atoms with Crippen LogP contribution in [0.25, 0.3) is 11.4 Å². The number of aromatic nitrogens is 2. The number of aromatic amines is 1. The summed E-state index contributed by atoms with van der Waals surface area (Å²) in [5.41, 5.74) is 0.579. The van der Waals surface area contributed by atoms with Crippen molar-refractivity contribution in [3.63, 3.8) is 0 Å². The number of benzene rings is 2. The van der Waals surface area contributed by atoms with E-state index in [2.05, 4.69) is 15.3 Å². The van der Waals surface area contributed by atoms with Gasteiger partial charge in [-0.3, -0.25) is 9.59 Å². The van der Waals surface area contributed by atoms with Gasteiger partial charge in [0.2, 0.25) is 0 Å². The number of amides is 1. The lowest BCUT2D eigenvalue weighted by Crippen LogP contribution is -2.24. The van der Waals surface area contributed by atoms with Crippen LogP contribution in [0, 0.1) is 11.3 Å². The Morgan fingerprint density at radius 2 is 1.88 bits per heavy atom. The fraction of sp³-hybridized carbons (Fsp3) is 0. The van der Waals surface area contributed by atoms with Gasteiger partial charge in [-0.25, -0.2) is 4.98 Å². The van der Waals surface area contributed by atoms with Gasteiger partial charge in [-0.15, -0.1) is 0 Å². The zero-order valence-electron chi connectivity index (χ0n) is 12.8. The third kappa shape index (κ3) is 3.57. The molecule has 0 aliphatic rings. The first kappa shape index (κ1) is 16.4. The molecule has 2 N–H and O–H groups in total. The molecule has 1 amide bonds. The van der Waals surface area contributed by atoms with Gasteiger partial charge in [0, 0.05) is 16.8 Å². The van der Waals surface area contributed by atoms with Gasteiger partial charge in [0.25, 0.3) is 11.5 Å². The molecule has 3 aromatic rings. The minimum Gasteiger partial charge on any atom is -0.321 e. The lowest BCUT2D eigenvalue weighted by Gasteiger charge is -2.07. The van der Waals surface area contributed by atoms with Gasteiger partial charge in [-0.2, -0.15) is 5.26 Å². The predicted octanol–water partition coefficient (Wildman–Crippen LogP) is 3.21. The Hall–Kier alpha value is -3.43. The molecule has 0 saturated heterocycles. The van der Waals surface area contributed by atoms with E-state index in [4.69, 9.17) is 16.9 Å². The zero-order valence-corrected chi connectivity index (χ0v) is 13.5. The van der Waals surface area contributed by atoms with Crippen LogP contribution in [0.15, 0.2) is 59.5 Å². The van der Waals surface area contributed by atoms with Crippen molar-refractivity contribution >= 4 is 23.2 Å². The van der Waals surface area contributed by atoms with Gasteiger partial charge in [-0.05, 0) is 36.4 Å². The molecule has 1 aromatic heterocycles. The fourth-order valence-electron chi connectivity index (χ4n) is 2.19. The second kappa shape index (κ2) is 6.99. The van der Waals surface area contributed by atoms with Gasteiger partial charge in [0.1, 0.15) is 17.5 Å². The Balaban J connectivity index is 1.88. The summed E-state index contributed by atoms with van der Waals surface area (Å²) in [7, 11) is 0. The van der Waals surface area contributed by atoms with E-state index in [1.807, 2.05) is 6.07 Å². The largest absolute Gasteiger partial charge is 0.321 e. The highest BCUT2D eigenvalue weighted by atomic mass is 35.5. The van der Waals surface area contributed by atoms with Crippen molar-refractivity contribution in [2.24, 2.45) is 0 Å². The highest BCUT2D eigenvalue weighted by molar-refractivity contribution is 6.30. The van der Waals surface area contributed by atoms with Gasteiger partial charge >= 0.3 is 0 Å². The molecule has 1 heterocycles. The molecule has 3 rings (SSSR count). The van der Waals surface area contributed by atoms with Crippen LogP contribution >= 0.6 is 11.6 Å². The Morgan fingerprint density at radius 1 is 1.16 bits per heavy atom. The number of para-hydroxylation sites is 1. The minimum absolute atomic E-state index is 0.148. The Morgan fingerprint density at radius 3 is 2.56 bits per heavy atom. The summed E-state index contributed by atoms with van der Waals surface area (Å²) in [4.78, 5) is 31.2. The lowest BCUT2D eigenvalue weighted by atomic mass is 10.2. The maximum atomic E-state index is 12.3. The zero-order chi connectivity index (χ0) is 17.8. The van der Waals surface area contributed by atoms with Crippen molar-refractivity contribution in [3.8, 4) is 17.5 Å². The molecule has 122 valence electrons. The van der Waals surface area contributed by atoms with Crippen LogP contribution in [0.5, 0.6) is 0 Å². The molecule has 0 radical (unpaired) electrons. The van der Waals surface area contributed by atoms with Crippen LogP contribution in [-0.2, 0) is 0 Å². The van der Waals surface area contributed by atoms with Crippen molar-refractivity contribution in [1.29, 1.82) is 5.26 Å². The second-order valence-electron chi connectivity index (χ2n) is 5.09. The van der Waals surface area contributed by atoms with E-state index in [0.29, 0.717) is 27.7 Å². The average molecular weight is 351 g/mol. The number of nitrogens with zero attached hydrogens (tertiary/aromatic N) is 2. The van der Waals surface area contributed by atoms with E-state index in [9.17, 15) is 9.59 Å².